The molecule has 19 heavy (non-hydrogen) atoms. The van der Waals surface area contributed by atoms with Crippen molar-refractivity contribution in [2.45, 2.75) is 53.5 Å². The Morgan fingerprint density at radius 3 is 1.74 bits per heavy atom. The van der Waals surface area contributed by atoms with Crippen LogP contribution in [0.15, 0.2) is 0 Å². The minimum absolute atomic E-state index is 0.442. The number of nitrogens with zero attached hydrogens (tertiary/aromatic N) is 1. The van der Waals surface area contributed by atoms with Crippen LogP contribution < -0.4 is 5.73 Å². The van der Waals surface area contributed by atoms with E-state index in [0.717, 1.165) is 38.1 Å². The minimum Gasteiger partial charge on any atom is -0.384 e. The van der Waals surface area contributed by atoms with Crippen LogP contribution in [-0.4, -0.2) is 44.3 Å². The van der Waals surface area contributed by atoms with Crippen LogP contribution in [0.25, 0.3) is 0 Å². The Labute approximate surface area is 120 Å². The number of nitrogens with two attached hydrogens (primary N) is 1. The van der Waals surface area contributed by atoms with Gasteiger partial charge in [0.25, 0.3) is 0 Å². The maximum absolute atomic E-state index is 6.02. The van der Waals surface area contributed by atoms with Gasteiger partial charge in [-0.15, -0.1) is 0 Å². The van der Waals surface area contributed by atoms with Crippen LogP contribution in [0.5, 0.6) is 0 Å². The lowest BCUT2D eigenvalue weighted by Crippen LogP contribution is -2.47. The monoisotopic (exact) mass is 272 g/mol. The van der Waals surface area contributed by atoms with Crippen molar-refractivity contribution >= 4 is 0 Å². The van der Waals surface area contributed by atoms with Gasteiger partial charge in [0, 0.05) is 19.7 Å². The molecule has 0 radical (unpaired) electrons. The van der Waals surface area contributed by atoms with Crippen LogP contribution >= 0.6 is 0 Å². The zero-order chi connectivity index (χ0) is 14.8. The number of ether oxygens (including phenoxy) is 1. The molecule has 0 spiro atoms. The van der Waals surface area contributed by atoms with E-state index < -0.39 is 0 Å². The highest BCUT2D eigenvalue weighted by molar-refractivity contribution is 4.78. The Balaban J connectivity index is 4.54. The van der Waals surface area contributed by atoms with Crippen LogP contribution in [-0.2, 0) is 4.74 Å². The van der Waals surface area contributed by atoms with Crippen LogP contribution in [0.4, 0.5) is 0 Å². The molecule has 3 nitrogen and oxygen atoms in total. The summed E-state index contributed by atoms with van der Waals surface area (Å²) in [5.41, 5.74) is 6.02. The zero-order valence-electron chi connectivity index (χ0n) is 14.0. The van der Waals surface area contributed by atoms with Crippen LogP contribution in [0, 0.1) is 17.8 Å². The first-order valence-electron chi connectivity index (χ1n) is 7.85. The van der Waals surface area contributed by atoms with Crippen LogP contribution in [0.3, 0.4) is 0 Å². The quantitative estimate of drug-likeness (QED) is 0.628. The molecule has 0 rings (SSSR count). The van der Waals surface area contributed by atoms with E-state index in [1.54, 1.807) is 7.11 Å². The molecule has 0 heterocycles. The molecule has 0 bridgehead atoms. The molecule has 0 aliphatic heterocycles. The number of rotatable bonds is 11. The topological polar surface area (TPSA) is 38.5 Å². The van der Waals surface area contributed by atoms with Crippen molar-refractivity contribution in [1.29, 1.82) is 0 Å². The average molecular weight is 272 g/mol. The molecule has 116 valence electrons. The highest BCUT2D eigenvalue weighted by atomic mass is 16.5. The van der Waals surface area contributed by atoms with Crippen molar-refractivity contribution < 1.29 is 4.74 Å². The molecular weight excluding hydrogens is 236 g/mol. The third-order valence-electron chi connectivity index (χ3n) is 3.78. The highest BCUT2D eigenvalue weighted by Gasteiger charge is 2.23. The second-order valence-corrected chi connectivity index (χ2v) is 6.64. The van der Waals surface area contributed by atoms with E-state index in [9.17, 15) is 0 Å². The molecule has 0 aliphatic rings. The summed E-state index contributed by atoms with van der Waals surface area (Å²) in [5.74, 6) is 1.99. The molecule has 3 heteroatoms. The fraction of sp³-hybridized carbons (Fsp3) is 1.00. The van der Waals surface area contributed by atoms with Gasteiger partial charge in [0.15, 0.2) is 0 Å². The largest absolute Gasteiger partial charge is 0.384 e. The maximum Gasteiger partial charge on any atom is 0.0503 e. The summed E-state index contributed by atoms with van der Waals surface area (Å²) in [7, 11) is 1.77. The van der Waals surface area contributed by atoms with Crippen molar-refractivity contribution in [1.82, 2.24) is 4.90 Å². The third-order valence-corrected chi connectivity index (χ3v) is 3.78. The first-order valence-corrected chi connectivity index (χ1v) is 7.85. The second-order valence-electron chi connectivity index (χ2n) is 6.64. The molecule has 2 N–H and O–H groups in total. The lowest BCUT2D eigenvalue weighted by Gasteiger charge is -2.35. The number of hydrogen-bond acceptors (Lipinski definition) is 3. The molecule has 2 atom stereocenters. The molecule has 0 saturated heterocycles. The summed E-state index contributed by atoms with van der Waals surface area (Å²) in [5, 5.41) is 0. The first-order chi connectivity index (χ1) is 8.92. The van der Waals surface area contributed by atoms with Gasteiger partial charge in [-0.3, -0.25) is 4.90 Å². The molecule has 0 aromatic carbocycles. The van der Waals surface area contributed by atoms with Gasteiger partial charge in [-0.05, 0) is 43.7 Å². The fourth-order valence-electron chi connectivity index (χ4n) is 2.41. The summed E-state index contributed by atoms with van der Waals surface area (Å²) >= 11 is 0. The Morgan fingerprint density at radius 2 is 1.42 bits per heavy atom. The van der Waals surface area contributed by atoms with Gasteiger partial charge >= 0.3 is 0 Å². The molecule has 0 amide bonds. The van der Waals surface area contributed by atoms with E-state index in [1.165, 1.54) is 12.8 Å². The van der Waals surface area contributed by atoms with Gasteiger partial charge in [-0.1, -0.05) is 34.6 Å². The average Bonchev–Trinajstić information content (AvgIpc) is 2.32. The van der Waals surface area contributed by atoms with E-state index in [2.05, 4.69) is 39.5 Å². The Kier molecular flexibility index (Phi) is 10.6. The Bertz CT molecular complexity index is 195. The van der Waals surface area contributed by atoms with E-state index in [0.29, 0.717) is 12.0 Å². The zero-order valence-corrected chi connectivity index (χ0v) is 14.0. The summed E-state index contributed by atoms with van der Waals surface area (Å²) < 4.78 is 5.31. The van der Waals surface area contributed by atoms with Crippen molar-refractivity contribution in [2.75, 3.05) is 33.4 Å². The Hall–Kier alpha value is -0.120. The molecule has 0 fully saturated rings. The Morgan fingerprint density at radius 1 is 0.947 bits per heavy atom. The maximum atomic E-state index is 6.02. The number of methoxy groups -OCH3 is 1. The van der Waals surface area contributed by atoms with Gasteiger partial charge < -0.3 is 10.5 Å². The van der Waals surface area contributed by atoms with E-state index in [4.69, 9.17) is 10.5 Å². The molecule has 0 aromatic rings. The smallest absolute Gasteiger partial charge is 0.0503 e. The standard InChI is InChI=1S/C16H36N2O/c1-13(2)7-9-18(10-8-14(3)4)16(11-17)15(5)12-19-6/h13-16H,7-12,17H2,1-6H3. The van der Waals surface area contributed by atoms with Gasteiger partial charge in [0.1, 0.15) is 0 Å². The molecule has 2 unspecified atom stereocenters. The van der Waals surface area contributed by atoms with Gasteiger partial charge in [-0.2, -0.15) is 0 Å². The summed E-state index contributed by atoms with van der Waals surface area (Å²) in [6.07, 6.45) is 2.49. The van der Waals surface area contributed by atoms with Crippen molar-refractivity contribution in [3.8, 4) is 0 Å². The molecule has 0 aromatic heterocycles. The second kappa shape index (κ2) is 10.6. The van der Waals surface area contributed by atoms with Crippen LogP contribution in [0.1, 0.15) is 47.5 Å². The summed E-state index contributed by atoms with van der Waals surface area (Å²) in [4.78, 5) is 2.59. The predicted octanol–water partition coefficient (Wildman–Crippen LogP) is 2.99. The van der Waals surface area contributed by atoms with Crippen molar-refractivity contribution in [3.05, 3.63) is 0 Å². The lowest BCUT2D eigenvalue weighted by atomic mass is 9.98. The molecule has 0 saturated carbocycles. The SMILES string of the molecule is COCC(C)C(CN)N(CCC(C)C)CCC(C)C. The normalized spacial score (nSPS) is 15.5. The summed E-state index contributed by atoms with van der Waals surface area (Å²) in [6, 6.07) is 0.442. The van der Waals surface area contributed by atoms with E-state index in [-0.39, 0.29) is 0 Å². The van der Waals surface area contributed by atoms with E-state index >= 15 is 0 Å². The van der Waals surface area contributed by atoms with Crippen molar-refractivity contribution in [2.24, 2.45) is 23.5 Å². The first kappa shape index (κ1) is 18.9. The van der Waals surface area contributed by atoms with Gasteiger partial charge in [-0.25, -0.2) is 0 Å². The fourth-order valence-corrected chi connectivity index (χ4v) is 2.41. The van der Waals surface area contributed by atoms with Gasteiger partial charge in [0.05, 0.1) is 6.61 Å². The third kappa shape index (κ3) is 8.61. The van der Waals surface area contributed by atoms with E-state index in [1.807, 2.05) is 0 Å². The molecular formula is C16H36N2O. The van der Waals surface area contributed by atoms with Crippen molar-refractivity contribution in [3.63, 3.8) is 0 Å². The lowest BCUT2D eigenvalue weighted by molar-refractivity contribution is 0.0792. The summed E-state index contributed by atoms with van der Waals surface area (Å²) in [6.45, 7) is 15.2. The number of hydrogen-bond donors (Lipinski definition) is 1. The highest BCUT2D eigenvalue weighted by Crippen LogP contribution is 2.15. The van der Waals surface area contributed by atoms with Gasteiger partial charge in [0.2, 0.25) is 0 Å². The predicted molar refractivity (Wildman–Crippen MR) is 84.4 cm³/mol. The minimum atomic E-state index is 0.442. The van der Waals surface area contributed by atoms with Crippen LogP contribution in [0.2, 0.25) is 0 Å². The molecule has 0 aliphatic carbocycles.